The summed E-state index contributed by atoms with van der Waals surface area (Å²) >= 11 is 0. The maximum absolute atomic E-state index is 4.63. The number of piperazine rings is 1. The average molecular weight is 450 g/mol. The van der Waals surface area contributed by atoms with Gasteiger partial charge in [-0.2, -0.15) is 0 Å². The molecule has 7 heteroatoms. The molecule has 2 saturated heterocycles. The Morgan fingerprint density at radius 1 is 1.00 bits per heavy atom. The van der Waals surface area contributed by atoms with Gasteiger partial charge in [0.15, 0.2) is 5.96 Å². The lowest BCUT2D eigenvalue weighted by Crippen LogP contribution is -2.46. The van der Waals surface area contributed by atoms with Crippen LogP contribution in [0.3, 0.4) is 0 Å². The third-order valence-electron chi connectivity index (χ3n) is 6.87. The number of likely N-dealkylation sites (N-methyl/N-ethyl adjacent to an activating group) is 1. The van der Waals surface area contributed by atoms with Crippen LogP contribution in [0.1, 0.15) is 36.9 Å². The van der Waals surface area contributed by atoms with Crippen molar-refractivity contribution in [3.63, 3.8) is 0 Å². The van der Waals surface area contributed by atoms with Crippen molar-refractivity contribution >= 4 is 11.8 Å². The van der Waals surface area contributed by atoms with Crippen molar-refractivity contribution in [1.82, 2.24) is 25.4 Å². The molecule has 7 nitrogen and oxygen atoms in total. The first-order valence-corrected chi connectivity index (χ1v) is 12.4. The van der Waals surface area contributed by atoms with E-state index in [2.05, 4.69) is 84.7 Å². The van der Waals surface area contributed by atoms with Gasteiger partial charge in [0, 0.05) is 52.5 Å². The molecule has 0 spiro atoms. The van der Waals surface area contributed by atoms with E-state index in [9.17, 15) is 0 Å². The molecule has 33 heavy (non-hydrogen) atoms. The summed E-state index contributed by atoms with van der Waals surface area (Å²) in [5, 5.41) is 7.07. The molecule has 178 valence electrons. The van der Waals surface area contributed by atoms with Crippen LogP contribution in [0.25, 0.3) is 0 Å². The molecule has 1 atom stereocenters. The number of pyridine rings is 1. The van der Waals surface area contributed by atoms with E-state index in [-0.39, 0.29) is 0 Å². The van der Waals surface area contributed by atoms with Crippen LogP contribution in [0.2, 0.25) is 0 Å². The second-order valence-electron chi connectivity index (χ2n) is 8.92. The van der Waals surface area contributed by atoms with Gasteiger partial charge >= 0.3 is 0 Å². The Kier molecular flexibility index (Phi) is 8.55. The summed E-state index contributed by atoms with van der Waals surface area (Å²) < 4.78 is 0. The van der Waals surface area contributed by atoms with Crippen molar-refractivity contribution in [1.29, 1.82) is 0 Å². The number of hydrogen-bond donors (Lipinski definition) is 2. The number of hydrogen-bond acceptors (Lipinski definition) is 5. The zero-order chi connectivity index (χ0) is 22.9. The fourth-order valence-corrected chi connectivity index (χ4v) is 4.82. The Labute approximate surface area is 198 Å². The molecule has 2 aromatic rings. The highest BCUT2D eigenvalue weighted by Gasteiger charge is 2.23. The molecule has 0 radical (unpaired) electrons. The number of aliphatic imine (C=N–C) groups is 1. The Bertz CT molecular complexity index is 871. The molecule has 1 aromatic carbocycles. The van der Waals surface area contributed by atoms with Gasteiger partial charge in [-0.25, -0.2) is 4.98 Å². The van der Waals surface area contributed by atoms with Crippen LogP contribution in [0.15, 0.2) is 53.7 Å². The van der Waals surface area contributed by atoms with Crippen LogP contribution in [0.4, 0.5) is 5.82 Å². The number of nitrogens with zero attached hydrogens (tertiary/aromatic N) is 5. The summed E-state index contributed by atoms with van der Waals surface area (Å²) in [7, 11) is 1.84. The highest BCUT2D eigenvalue weighted by molar-refractivity contribution is 5.79. The van der Waals surface area contributed by atoms with Crippen LogP contribution >= 0.6 is 0 Å². The van der Waals surface area contributed by atoms with Gasteiger partial charge < -0.3 is 20.4 Å². The highest BCUT2D eigenvalue weighted by atomic mass is 15.3. The van der Waals surface area contributed by atoms with Crippen molar-refractivity contribution in [3.05, 3.63) is 59.8 Å². The van der Waals surface area contributed by atoms with Crippen LogP contribution in [-0.4, -0.2) is 80.1 Å². The fourth-order valence-electron chi connectivity index (χ4n) is 4.82. The summed E-state index contributed by atoms with van der Waals surface area (Å²) in [6, 6.07) is 15.5. The molecule has 0 amide bonds. The minimum Gasteiger partial charge on any atom is -0.354 e. The van der Waals surface area contributed by atoms with Crippen LogP contribution in [0.5, 0.6) is 0 Å². The standard InChI is InChI=1S/C26H39N7/c1-3-31-15-17-33(18-16-31)25-19-22(11-12-28-25)20-29-26(27-2)30-21-24(32-13-7-8-14-32)23-9-5-4-6-10-23/h4-6,9-12,19,24H,3,7-8,13-18,20-21H2,1-2H3,(H2,27,29,30). The van der Waals surface area contributed by atoms with Crippen molar-refractivity contribution in [2.75, 3.05) is 64.3 Å². The summed E-state index contributed by atoms with van der Waals surface area (Å²) in [5.74, 6) is 1.91. The summed E-state index contributed by atoms with van der Waals surface area (Å²) in [6.45, 7) is 11.6. The minimum atomic E-state index is 0.363. The first kappa shape index (κ1) is 23.5. The number of rotatable bonds is 8. The van der Waals surface area contributed by atoms with E-state index in [1.54, 1.807) is 0 Å². The monoisotopic (exact) mass is 449 g/mol. The number of benzene rings is 1. The maximum atomic E-state index is 4.63. The van der Waals surface area contributed by atoms with Crippen LogP contribution < -0.4 is 15.5 Å². The normalized spacial score (nSPS) is 19.0. The van der Waals surface area contributed by atoms with E-state index in [0.29, 0.717) is 6.04 Å². The lowest BCUT2D eigenvalue weighted by atomic mass is 10.1. The largest absolute Gasteiger partial charge is 0.354 e. The van der Waals surface area contributed by atoms with Gasteiger partial charge in [0.25, 0.3) is 0 Å². The van der Waals surface area contributed by atoms with Gasteiger partial charge in [0.1, 0.15) is 5.82 Å². The predicted molar refractivity (Wildman–Crippen MR) is 137 cm³/mol. The van der Waals surface area contributed by atoms with Gasteiger partial charge in [-0.3, -0.25) is 9.89 Å². The second kappa shape index (κ2) is 12.0. The van der Waals surface area contributed by atoms with Crippen molar-refractivity contribution in [3.8, 4) is 0 Å². The SMILES string of the molecule is CCN1CCN(c2cc(CNC(=NC)NCC(c3ccccc3)N3CCCC3)ccn2)CC1. The number of anilines is 1. The van der Waals surface area contributed by atoms with E-state index in [1.807, 2.05) is 13.2 Å². The van der Waals surface area contributed by atoms with Gasteiger partial charge in [-0.05, 0) is 55.7 Å². The number of nitrogens with one attached hydrogen (secondary N) is 2. The molecule has 2 fully saturated rings. The van der Waals surface area contributed by atoms with Gasteiger partial charge in [0.05, 0.1) is 6.04 Å². The van der Waals surface area contributed by atoms with E-state index in [1.165, 1.54) is 37.1 Å². The molecule has 2 aliphatic rings. The molecular formula is C26H39N7. The van der Waals surface area contributed by atoms with Crippen LogP contribution in [0, 0.1) is 0 Å². The first-order chi connectivity index (χ1) is 16.3. The number of aromatic nitrogens is 1. The van der Waals surface area contributed by atoms with Crippen LogP contribution in [-0.2, 0) is 6.54 Å². The van der Waals surface area contributed by atoms with E-state index in [0.717, 1.165) is 57.6 Å². The molecule has 4 rings (SSSR count). The molecule has 0 saturated carbocycles. The molecule has 1 unspecified atom stereocenters. The average Bonchev–Trinajstić information content (AvgIpc) is 3.41. The quantitative estimate of drug-likeness (QED) is 0.477. The lowest BCUT2D eigenvalue weighted by molar-refractivity contribution is 0.245. The van der Waals surface area contributed by atoms with E-state index >= 15 is 0 Å². The Morgan fingerprint density at radius 2 is 1.76 bits per heavy atom. The zero-order valence-corrected chi connectivity index (χ0v) is 20.2. The smallest absolute Gasteiger partial charge is 0.191 e. The number of likely N-dealkylation sites (tertiary alicyclic amines) is 1. The van der Waals surface area contributed by atoms with Crippen molar-refractivity contribution < 1.29 is 0 Å². The molecule has 3 heterocycles. The zero-order valence-electron chi connectivity index (χ0n) is 20.2. The minimum absolute atomic E-state index is 0.363. The van der Waals surface area contributed by atoms with E-state index < -0.39 is 0 Å². The summed E-state index contributed by atoms with van der Waals surface area (Å²) in [4.78, 5) is 16.6. The Morgan fingerprint density at radius 3 is 2.45 bits per heavy atom. The Hall–Kier alpha value is -2.64. The predicted octanol–water partition coefficient (Wildman–Crippen LogP) is 2.73. The summed E-state index contributed by atoms with van der Waals surface area (Å²) in [5.41, 5.74) is 2.59. The summed E-state index contributed by atoms with van der Waals surface area (Å²) in [6.07, 6.45) is 4.50. The number of guanidine groups is 1. The first-order valence-electron chi connectivity index (χ1n) is 12.4. The molecule has 0 aliphatic carbocycles. The maximum Gasteiger partial charge on any atom is 0.191 e. The molecule has 2 N–H and O–H groups in total. The second-order valence-corrected chi connectivity index (χ2v) is 8.92. The molecule has 2 aliphatic heterocycles. The van der Waals surface area contributed by atoms with Gasteiger partial charge in [0.2, 0.25) is 0 Å². The topological polar surface area (TPSA) is 59.0 Å². The van der Waals surface area contributed by atoms with Crippen molar-refractivity contribution in [2.45, 2.75) is 32.4 Å². The van der Waals surface area contributed by atoms with E-state index in [4.69, 9.17) is 0 Å². The highest BCUT2D eigenvalue weighted by Crippen LogP contribution is 2.24. The molecular weight excluding hydrogens is 410 g/mol. The van der Waals surface area contributed by atoms with Gasteiger partial charge in [-0.15, -0.1) is 0 Å². The third-order valence-corrected chi connectivity index (χ3v) is 6.87. The third kappa shape index (κ3) is 6.45. The molecule has 1 aromatic heterocycles. The Balaban J connectivity index is 1.32. The van der Waals surface area contributed by atoms with Gasteiger partial charge in [-0.1, -0.05) is 37.3 Å². The fraction of sp³-hybridized carbons (Fsp3) is 0.538. The van der Waals surface area contributed by atoms with Crippen molar-refractivity contribution in [2.24, 2.45) is 4.99 Å². The molecule has 0 bridgehead atoms. The lowest BCUT2D eigenvalue weighted by Gasteiger charge is -2.34.